The molecule has 4 atom stereocenters. The Balaban J connectivity index is 0.00000144. The molecular weight excluding hydrogens is 302 g/mol. The number of phenols is 1. The molecule has 0 radical (unpaired) electrons. The molecule has 0 spiro atoms. The van der Waals surface area contributed by atoms with Crippen LogP contribution >= 0.6 is 12.4 Å². The van der Waals surface area contributed by atoms with E-state index in [2.05, 4.69) is 19.2 Å². The fraction of sp³-hybridized carbons (Fsp3) is 0.647. The van der Waals surface area contributed by atoms with E-state index in [-0.39, 0.29) is 29.9 Å². The number of ether oxygens (including phenoxy) is 2. The Bertz CT molecular complexity index is 563. The molecule has 5 heteroatoms. The number of halogens is 1. The lowest BCUT2D eigenvalue weighted by Gasteiger charge is -2.52. The number of fused-ring (bicyclic) bond motifs is 4. The topological polar surface area (TPSA) is 50.7 Å². The molecule has 0 bridgehead atoms. The van der Waals surface area contributed by atoms with E-state index >= 15 is 0 Å². The lowest BCUT2D eigenvalue weighted by atomic mass is 9.71. The Kier molecular flexibility index (Phi) is 4.04. The van der Waals surface area contributed by atoms with Gasteiger partial charge in [0, 0.05) is 18.0 Å². The van der Waals surface area contributed by atoms with Crippen LogP contribution in [0, 0.1) is 11.8 Å². The molecule has 3 aliphatic rings. The number of benzene rings is 1. The number of phenolic OH excluding ortho intramolecular Hbond substituents is 1. The third kappa shape index (κ3) is 2.38. The Labute approximate surface area is 137 Å². The second-order valence-electron chi connectivity index (χ2n) is 7.09. The Hall–Kier alpha value is -0.970. The maximum atomic E-state index is 10.1. The third-order valence-electron chi connectivity index (χ3n) is 5.37. The largest absolute Gasteiger partial charge is 0.504 e. The van der Waals surface area contributed by atoms with Crippen LogP contribution in [0.5, 0.6) is 11.5 Å². The van der Waals surface area contributed by atoms with Gasteiger partial charge >= 0.3 is 0 Å². The molecule has 122 valence electrons. The van der Waals surface area contributed by atoms with Crippen molar-refractivity contribution in [3.63, 3.8) is 0 Å². The van der Waals surface area contributed by atoms with Crippen LogP contribution in [0.1, 0.15) is 38.4 Å². The molecule has 1 aromatic carbocycles. The van der Waals surface area contributed by atoms with Crippen molar-refractivity contribution in [2.45, 2.75) is 44.5 Å². The normalized spacial score (nSPS) is 35.2. The summed E-state index contributed by atoms with van der Waals surface area (Å²) in [6.07, 6.45) is 2.56. The second kappa shape index (κ2) is 5.59. The molecular formula is C17H24ClNO3. The maximum Gasteiger partial charge on any atom is 0.167 e. The van der Waals surface area contributed by atoms with E-state index in [1.807, 2.05) is 12.1 Å². The van der Waals surface area contributed by atoms with E-state index in [1.54, 1.807) is 6.07 Å². The van der Waals surface area contributed by atoms with Gasteiger partial charge in [-0.25, -0.2) is 0 Å². The van der Waals surface area contributed by atoms with Gasteiger partial charge in [0.25, 0.3) is 0 Å². The molecule has 4 rings (SSSR count). The zero-order valence-electron chi connectivity index (χ0n) is 13.0. The number of hydrogen-bond donors (Lipinski definition) is 2. The quantitative estimate of drug-likeness (QED) is 0.770. The highest BCUT2D eigenvalue weighted by Gasteiger charge is 2.51. The minimum Gasteiger partial charge on any atom is -0.504 e. The first-order valence-corrected chi connectivity index (χ1v) is 7.93. The molecule has 0 aromatic heterocycles. The number of hydrogen-bond acceptors (Lipinski definition) is 4. The molecule has 4 nitrogen and oxygen atoms in total. The molecule has 2 N–H and O–H groups in total. The molecule has 0 aliphatic carbocycles. The van der Waals surface area contributed by atoms with Crippen molar-refractivity contribution in [1.82, 2.24) is 5.32 Å². The lowest BCUT2D eigenvalue weighted by Crippen LogP contribution is -2.54. The van der Waals surface area contributed by atoms with E-state index < -0.39 is 0 Å². The smallest absolute Gasteiger partial charge is 0.167 e. The van der Waals surface area contributed by atoms with Crippen molar-refractivity contribution in [1.29, 1.82) is 0 Å². The van der Waals surface area contributed by atoms with Gasteiger partial charge < -0.3 is 19.9 Å². The van der Waals surface area contributed by atoms with Crippen LogP contribution in [-0.2, 0) is 4.74 Å². The monoisotopic (exact) mass is 325 g/mol. The van der Waals surface area contributed by atoms with Crippen LogP contribution in [0.3, 0.4) is 0 Å². The van der Waals surface area contributed by atoms with Crippen LogP contribution < -0.4 is 10.1 Å². The van der Waals surface area contributed by atoms with E-state index in [9.17, 15) is 5.11 Å². The molecule has 2 saturated heterocycles. The van der Waals surface area contributed by atoms with Gasteiger partial charge in [0.15, 0.2) is 11.5 Å². The number of rotatable bonds is 0. The van der Waals surface area contributed by atoms with E-state index in [1.165, 1.54) is 0 Å². The summed E-state index contributed by atoms with van der Waals surface area (Å²) in [6.45, 7) is 6.29. The highest BCUT2D eigenvalue weighted by Crippen LogP contribution is 2.54. The van der Waals surface area contributed by atoms with Crippen molar-refractivity contribution in [2.24, 2.45) is 11.8 Å². The van der Waals surface area contributed by atoms with E-state index in [0.717, 1.165) is 31.5 Å². The van der Waals surface area contributed by atoms with Crippen molar-refractivity contribution >= 4 is 12.4 Å². The highest BCUT2D eigenvalue weighted by molar-refractivity contribution is 5.85. The van der Waals surface area contributed by atoms with Crippen molar-refractivity contribution in [2.75, 3.05) is 13.1 Å². The molecule has 0 unspecified atom stereocenters. The van der Waals surface area contributed by atoms with Crippen LogP contribution in [0.4, 0.5) is 0 Å². The van der Waals surface area contributed by atoms with Crippen LogP contribution in [0.15, 0.2) is 18.2 Å². The van der Waals surface area contributed by atoms with Crippen LogP contribution in [-0.4, -0.2) is 29.9 Å². The molecule has 1 aromatic rings. The fourth-order valence-corrected chi connectivity index (χ4v) is 4.20. The maximum absolute atomic E-state index is 10.1. The Morgan fingerprint density at radius 3 is 2.95 bits per heavy atom. The van der Waals surface area contributed by atoms with Gasteiger partial charge in [0.1, 0.15) is 5.60 Å². The van der Waals surface area contributed by atoms with Gasteiger partial charge in [-0.3, -0.25) is 0 Å². The molecule has 0 amide bonds. The summed E-state index contributed by atoms with van der Waals surface area (Å²) >= 11 is 0. The summed E-state index contributed by atoms with van der Waals surface area (Å²) in [6, 6.07) is 5.60. The van der Waals surface area contributed by atoms with Crippen molar-refractivity contribution in [3.05, 3.63) is 23.8 Å². The van der Waals surface area contributed by atoms with E-state index in [0.29, 0.717) is 23.7 Å². The number of nitrogens with one attached hydrogen (secondary N) is 1. The summed E-state index contributed by atoms with van der Waals surface area (Å²) in [5.74, 6) is 1.72. The minimum atomic E-state index is -0.321. The standard InChI is InChI=1S/C17H23NO3.ClH/c1-17(2)12-8-10-9-18-7-6-14(10)20-15(12)11-4-3-5-13(19)16(11)21-17;/h3-5,10,12,14-15,18-19H,6-9H2,1-2H3;1H/t10-,12+,14+,15-;/m1./s1. The molecule has 0 saturated carbocycles. The predicted molar refractivity (Wildman–Crippen MR) is 86.8 cm³/mol. The van der Waals surface area contributed by atoms with Gasteiger partial charge in [-0.1, -0.05) is 12.1 Å². The third-order valence-corrected chi connectivity index (χ3v) is 5.37. The number of para-hydroxylation sites is 1. The van der Waals surface area contributed by atoms with Crippen LogP contribution in [0.25, 0.3) is 0 Å². The van der Waals surface area contributed by atoms with Gasteiger partial charge in [-0.15, -0.1) is 12.4 Å². The average Bonchev–Trinajstić information content (AvgIpc) is 2.47. The average molecular weight is 326 g/mol. The minimum absolute atomic E-state index is 0. The summed E-state index contributed by atoms with van der Waals surface area (Å²) in [5, 5.41) is 13.6. The molecule has 3 aliphatic heterocycles. The van der Waals surface area contributed by atoms with Crippen molar-refractivity contribution < 1.29 is 14.6 Å². The van der Waals surface area contributed by atoms with E-state index in [4.69, 9.17) is 9.47 Å². The van der Waals surface area contributed by atoms with Gasteiger partial charge in [0.05, 0.1) is 12.2 Å². The number of aromatic hydroxyl groups is 1. The zero-order chi connectivity index (χ0) is 14.6. The summed E-state index contributed by atoms with van der Waals surface area (Å²) < 4.78 is 12.6. The Morgan fingerprint density at radius 2 is 2.14 bits per heavy atom. The predicted octanol–water partition coefficient (Wildman–Crippen LogP) is 3.04. The second-order valence-corrected chi connectivity index (χ2v) is 7.09. The number of piperidine rings is 1. The molecule has 3 heterocycles. The first-order chi connectivity index (χ1) is 10.1. The highest BCUT2D eigenvalue weighted by atomic mass is 35.5. The summed E-state index contributed by atoms with van der Waals surface area (Å²) in [5.41, 5.74) is 0.690. The Morgan fingerprint density at radius 1 is 1.32 bits per heavy atom. The SMILES string of the molecule is CC1(C)Oc2c(O)cccc2[C@H]2O[C@H]3CCNC[C@H]3C[C@@H]21.Cl. The first-order valence-electron chi connectivity index (χ1n) is 7.93. The lowest BCUT2D eigenvalue weighted by molar-refractivity contribution is -0.178. The summed E-state index contributed by atoms with van der Waals surface area (Å²) in [7, 11) is 0. The van der Waals surface area contributed by atoms with Gasteiger partial charge in [-0.2, -0.15) is 0 Å². The van der Waals surface area contributed by atoms with Crippen molar-refractivity contribution in [3.8, 4) is 11.5 Å². The summed E-state index contributed by atoms with van der Waals surface area (Å²) in [4.78, 5) is 0. The molecule has 22 heavy (non-hydrogen) atoms. The zero-order valence-corrected chi connectivity index (χ0v) is 13.9. The van der Waals surface area contributed by atoms with Gasteiger partial charge in [-0.05, 0) is 45.2 Å². The first kappa shape index (κ1) is 15.9. The van der Waals surface area contributed by atoms with Gasteiger partial charge in [0.2, 0.25) is 0 Å². The molecule has 2 fully saturated rings. The fourth-order valence-electron chi connectivity index (χ4n) is 4.20. The van der Waals surface area contributed by atoms with Crippen LogP contribution in [0.2, 0.25) is 0 Å².